The van der Waals surface area contributed by atoms with Crippen LogP contribution in [0.2, 0.25) is 0 Å². The molecule has 0 saturated carbocycles. The Balaban J connectivity index is 1.60. The van der Waals surface area contributed by atoms with E-state index in [1.165, 1.54) is 0 Å². The molecule has 2 aromatic heterocycles. The fourth-order valence-electron chi connectivity index (χ4n) is 2.71. The first kappa shape index (κ1) is 14.3. The Bertz CT molecular complexity index is 653. The molecule has 3 heterocycles. The minimum atomic E-state index is 0.447. The van der Waals surface area contributed by atoms with Gasteiger partial charge < -0.3 is 9.64 Å². The molecule has 0 bridgehead atoms. The molecule has 1 saturated heterocycles. The van der Waals surface area contributed by atoms with Gasteiger partial charge >= 0.3 is 0 Å². The van der Waals surface area contributed by atoms with E-state index in [2.05, 4.69) is 20.9 Å². The molecule has 5 heteroatoms. The summed E-state index contributed by atoms with van der Waals surface area (Å²) < 4.78 is 5.76. The van der Waals surface area contributed by atoms with Crippen LogP contribution in [0.5, 0.6) is 5.88 Å². The zero-order valence-corrected chi connectivity index (χ0v) is 12.4. The Morgan fingerprint density at radius 3 is 3.05 bits per heavy atom. The van der Waals surface area contributed by atoms with E-state index in [1.54, 1.807) is 12.3 Å². The highest BCUT2D eigenvalue weighted by atomic mass is 16.5. The molecular formula is C17H18N4O. The van der Waals surface area contributed by atoms with Crippen LogP contribution in [-0.4, -0.2) is 29.7 Å². The number of rotatable bonds is 4. The Morgan fingerprint density at radius 2 is 2.23 bits per heavy atom. The second-order valence-electron chi connectivity index (χ2n) is 5.43. The van der Waals surface area contributed by atoms with Crippen LogP contribution in [-0.2, 0) is 0 Å². The van der Waals surface area contributed by atoms with Crippen LogP contribution >= 0.6 is 0 Å². The Hall–Kier alpha value is -2.61. The lowest BCUT2D eigenvalue weighted by Crippen LogP contribution is -2.38. The molecule has 1 aliphatic heterocycles. The number of ether oxygens (including phenoxy) is 1. The summed E-state index contributed by atoms with van der Waals surface area (Å²) in [6.07, 6.45) is 3.98. The van der Waals surface area contributed by atoms with Crippen molar-refractivity contribution in [1.29, 1.82) is 5.26 Å². The lowest BCUT2D eigenvalue weighted by Gasteiger charge is -2.33. The first-order valence-corrected chi connectivity index (χ1v) is 7.51. The maximum absolute atomic E-state index is 8.96. The van der Waals surface area contributed by atoms with Crippen LogP contribution in [0, 0.1) is 17.2 Å². The summed E-state index contributed by atoms with van der Waals surface area (Å²) in [7, 11) is 0. The zero-order valence-electron chi connectivity index (χ0n) is 12.4. The monoisotopic (exact) mass is 294 g/mol. The molecule has 0 radical (unpaired) electrons. The van der Waals surface area contributed by atoms with Crippen LogP contribution < -0.4 is 9.64 Å². The van der Waals surface area contributed by atoms with Gasteiger partial charge in [0.2, 0.25) is 5.88 Å². The Labute approximate surface area is 130 Å². The van der Waals surface area contributed by atoms with Gasteiger partial charge in [0.25, 0.3) is 0 Å². The third-order valence-corrected chi connectivity index (χ3v) is 3.80. The van der Waals surface area contributed by atoms with E-state index < -0.39 is 0 Å². The highest BCUT2D eigenvalue weighted by Gasteiger charge is 2.21. The second kappa shape index (κ2) is 6.90. The number of hydrogen-bond acceptors (Lipinski definition) is 5. The van der Waals surface area contributed by atoms with Gasteiger partial charge in [0.15, 0.2) is 0 Å². The Kier molecular flexibility index (Phi) is 4.50. The molecule has 0 N–H and O–H groups in total. The zero-order chi connectivity index (χ0) is 15.2. The molecule has 0 amide bonds. The lowest BCUT2D eigenvalue weighted by atomic mass is 9.99. The maximum atomic E-state index is 8.96. The molecule has 112 valence electrons. The molecule has 5 nitrogen and oxygen atoms in total. The summed E-state index contributed by atoms with van der Waals surface area (Å²) >= 11 is 0. The average Bonchev–Trinajstić information content (AvgIpc) is 2.61. The van der Waals surface area contributed by atoms with E-state index in [0.29, 0.717) is 24.1 Å². The quantitative estimate of drug-likeness (QED) is 0.867. The van der Waals surface area contributed by atoms with Gasteiger partial charge in [0, 0.05) is 31.3 Å². The smallest absolute Gasteiger partial charge is 0.213 e. The normalized spacial score (nSPS) is 17.8. The van der Waals surface area contributed by atoms with Gasteiger partial charge in [-0.05, 0) is 31.0 Å². The van der Waals surface area contributed by atoms with E-state index in [1.807, 2.05) is 30.3 Å². The van der Waals surface area contributed by atoms with E-state index >= 15 is 0 Å². The molecule has 0 aliphatic carbocycles. The molecule has 0 aromatic carbocycles. The third kappa shape index (κ3) is 3.53. The highest BCUT2D eigenvalue weighted by molar-refractivity contribution is 5.42. The number of anilines is 1. The van der Waals surface area contributed by atoms with Gasteiger partial charge in [-0.3, -0.25) is 0 Å². The molecule has 22 heavy (non-hydrogen) atoms. The number of hydrogen-bond donors (Lipinski definition) is 0. The minimum Gasteiger partial charge on any atom is -0.477 e. The van der Waals surface area contributed by atoms with E-state index in [0.717, 1.165) is 31.7 Å². The van der Waals surface area contributed by atoms with Gasteiger partial charge in [-0.2, -0.15) is 5.26 Å². The van der Waals surface area contributed by atoms with Gasteiger partial charge in [-0.15, -0.1) is 0 Å². The topological polar surface area (TPSA) is 62.0 Å². The third-order valence-electron chi connectivity index (χ3n) is 3.80. The van der Waals surface area contributed by atoms with Crippen molar-refractivity contribution >= 4 is 5.82 Å². The molecule has 1 unspecified atom stereocenters. The van der Waals surface area contributed by atoms with Crippen molar-refractivity contribution in [2.24, 2.45) is 5.92 Å². The van der Waals surface area contributed by atoms with Crippen LogP contribution in [0.1, 0.15) is 18.5 Å². The van der Waals surface area contributed by atoms with E-state index in [-0.39, 0.29) is 0 Å². The number of piperidine rings is 1. The average molecular weight is 294 g/mol. The number of nitriles is 1. The molecular weight excluding hydrogens is 276 g/mol. The van der Waals surface area contributed by atoms with Gasteiger partial charge in [-0.25, -0.2) is 9.97 Å². The van der Waals surface area contributed by atoms with Crippen molar-refractivity contribution in [3.05, 3.63) is 48.3 Å². The standard InChI is InChI=1S/C17H18N4O/c18-11-15-6-3-7-16(20-15)21-10-4-5-14(12-21)13-22-17-8-1-2-9-19-17/h1-3,6-9,14H,4-5,10,12-13H2. The molecule has 1 fully saturated rings. The fraction of sp³-hybridized carbons (Fsp3) is 0.353. The van der Waals surface area contributed by atoms with Crippen molar-refractivity contribution in [3.8, 4) is 11.9 Å². The van der Waals surface area contributed by atoms with Crippen LogP contribution in [0.4, 0.5) is 5.82 Å². The maximum Gasteiger partial charge on any atom is 0.213 e. The van der Waals surface area contributed by atoms with E-state index in [9.17, 15) is 0 Å². The summed E-state index contributed by atoms with van der Waals surface area (Å²) in [5.74, 6) is 1.99. The van der Waals surface area contributed by atoms with Crippen molar-refractivity contribution in [2.75, 3.05) is 24.6 Å². The van der Waals surface area contributed by atoms with Crippen LogP contribution in [0.3, 0.4) is 0 Å². The minimum absolute atomic E-state index is 0.447. The molecule has 3 rings (SSSR count). The van der Waals surface area contributed by atoms with E-state index in [4.69, 9.17) is 10.00 Å². The molecule has 2 aromatic rings. The molecule has 0 spiro atoms. The summed E-state index contributed by atoms with van der Waals surface area (Å²) in [5, 5.41) is 8.96. The van der Waals surface area contributed by atoms with Crippen molar-refractivity contribution in [3.63, 3.8) is 0 Å². The van der Waals surface area contributed by atoms with Crippen molar-refractivity contribution in [1.82, 2.24) is 9.97 Å². The van der Waals surface area contributed by atoms with Gasteiger partial charge in [0.1, 0.15) is 17.6 Å². The second-order valence-corrected chi connectivity index (χ2v) is 5.43. The first-order valence-electron chi connectivity index (χ1n) is 7.51. The molecule has 1 atom stereocenters. The fourth-order valence-corrected chi connectivity index (χ4v) is 2.71. The van der Waals surface area contributed by atoms with Crippen molar-refractivity contribution in [2.45, 2.75) is 12.8 Å². The summed E-state index contributed by atoms with van der Waals surface area (Å²) in [6.45, 7) is 2.53. The molecule has 1 aliphatic rings. The van der Waals surface area contributed by atoms with Gasteiger partial charge in [-0.1, -0.05) is 12.1 Å². The summed E-state index contributed by atoms with van der Waals surface area (Å²) in [6, 6.07) is 13.3. The largest absolute Gasteiger partial charge is 0.477 e. The van der Waals surface area contributed by atoms with Crippen LogP contribution in [0.15, 0.2) is 42.6 Å². The number of aromatic nitrogens is 2. The predicted octanol–water partition coefficient (Wildman–Crippen LogP) is 2.64. The number of pyridine rings is 2. The first-order chi connectivity index (χ1) is 10.8. The predicted molar refractivity (Wildman–Crippen MR) is 83.6 cm³/mol. The summed E-state index contributed by atoms with van der Waals surface area (Å²) in [5.41, 5.74) is 0.462. The van der Waals surface area contributed by atoms with Crippen molar-refractivity contribution < 1.29 is 4.74 Å². The van der Waals surface area contributed by atoms with Crippen LogP contribution in [0.25, 0.3) is 0 Å². The van der Waals surface area contributed by atoms with Gasteiger partial charge in [0.05, 0.1) is 6.61 Å². The SMILES string of the molecule is N#Cc1cccc(N2CCCC(COc3ccccn3)C2)n1. The lowest BCUT2D eigenvalue weighted by molar-refractivity contribution is 0.221. The Morgan fingerprint density at radius 1 is 1.27 bits per heavy atom. The highest BCUT2D eigenvalue weighted by Crippen LogP contribution is 2.22. The summed E-state index contributed by atoms with van der Waals surface area (Å²) in [4.78, 5) is 10.8. The number of nitrogens with zero attached hydrogens (tertiary/aromatic N) is 4.